The molecule has 0 aliphatic rings. The predicted octanol–water partition coefficient (Wildman–Crippen LogP) is 2.32. The van der Waals surface area contributed by atoms with Crippen LogP contribution in [0.15, 0.2) is 23.1 Å². The van der Waals surface area contributed by atoms with Crippen molar-refractivity contribution in [2.75, 3.05) is 38.2 Å². The van der Waals surface area contributed by atoms with Crippen molar-refractivity contribution < 1.29 is 27.8 Å². The molecule has 27 heavy (non-hydrogen) atoms. The van der Waals surface area contributed by atoms with Gasteiger partial charge in [0.15, 0.2) is 0 Å². The predicted molar refractivity (Wildman–Crippen MR) is 104 cm³/mol. The molecule has 0 aliphatic heterocycles. The summed E-state index contributed by atoms with van der Waals surface area (Å²) in [5.74, 6) is -1.18. The van der Waals surface area contributed by atoms with Gasteiger partial charge in [-0.3, -0.25) is 0 Å². The first-order chi connectivity index (χ1) is 12.8. The normalized spacial score (nSPS) is 11.7. The average Bonchev–Trinajstić information content (AvgIpc) is 2.60. The van der Waals surface area contributed by atoms with Crippen LogP contribution in [0.5, 0.6) is 0 Å². The number of nitrogens with one attached hydrogen (secondary N) is 2. The highest BCUT2D eigenvalue weighted by atomic mass is 32.2. The first-order valence-corrected chi connectivity index (χ1v) is 10.6. The van der Waals surface area contributed by atoms with Crippen LogP contribution >= 0.6 is 0 Å². The molecule has 0 atom stereocenters. The Morgan fingerprint density at radius 2 is 1.89 bits per heavy atom. The van der Waals surface area contributed by atoms with Crippen LogP contribution in [0, 0.1) is 0 Å². The van der Waals surface area contributed by atoms with E-state index in [9.17, 15) is 13.2 Å². The maximum Gasteiger partial charge on any atom is 0.335 e. The van der Waals surface area contributed by atoms with E-state index in [1.807, 2.05) is 20.8 Å². The second kappa shape index (κ2) is 11.9. The third-order valence-corrected chi connectivity index (χ3v) is 5.07. The molecule has 0 amide bonds. The van der Waals surface area contributed by atoms with Gasteiger partial charge in [0.2, 0.25) is 10.0 Å². The third kappa shape index (κ3) is 8.70. The lowest BCUT2D eigenvalue weighted by Gasteiger charge is -2.14. The average molecular weight is 403 g/mol. The number of aromatic carboxylic acids is 1. The van der Waals surface area contributed by atoms with Gasteiger partial charge in [-0.2, -0.15) is 0 Å². The minimum atomic E-state index is -3.86. The molecule has 154 valence electrons. The minimum Gasteiger partial charge on any atom is -0.478 e. The van der Waals surface area contributed by atoms with Crippen LogP contribution in [-0.4, -0.2) is 58.5 Å². The summed E-state index contributed by atoms with van der Waals surface area (Å²) in [6, 6.07) is 4.02. The van der Waals surface area contributed by atoms with Crippen molar-refractivity contribution in [3.8, 4) is 0 Å². The van der Waals surface area contributed by atoms with E-state index in [1.165, 1.54) is 18.2 Å². The molecule has 0 unspecified atom stereocenters. The van der Waals surface area contributed by atoms with Crippen molar-refractivity contribution in [3.05, 3.63) is 23.8 Å². The van der Waals surface area contributed by atoms with Crippen molar-refractivity contribution in [2.45, 2.75) is 44.6 Å². The minimum absolute atomic E-state index is 0.0800. The second-order valence-corrected chi connectivity index (χ2v) is 7.90. The molecule has 0 aliphatic carbocycles. The number of carboxylic acids is 1. The molecule has 8 nitrogen and oxygen atoms in total. The molecule has 0 heterocycles. The molecular formula is C18H30N2O6S. The van der Waals surface area contributed by atoms with Gasteiger partial charge in [-0.1, -0.05) is 0 Å². The Balaban J connectivity index is 2.82. The van der Waals surface area contributed by atoms with Crippen LogP contribution in [0.1, 0.15) is 44.0 Å². The molecule has 0 saturated carbocycles. The fraction of sp³-hybridized carbons (Fsp3) is 0.611. The molecule has 0 saturated heterocycles. The number of hydrogen-bond donors (Lipinski definition) is 3. The Morgan fingerprint density at radius 3 is 2.52 bits per heavy atom. The molecule has 0 spiro atoms. The molecule has 3 N–H and O–H groups in total. The van der Waals surface area contributed by atoms with Gasteiger partial charge in [0.1, 0.15) is 4.90 Å². The summed E-state index contributed by atoms with van der Waals surface area (Å²) >= 11 is 0. The topological polar surface area (TPSA) is 114 Å². The van der Waals surface area contributed by atoms with Crippen molar-refractivity contribution in [3.63, 3.8) is 0 Å². The highest BCUT2D eigenvalue weighted by molar-refractivity contribution is 7.89. The Morgan fingerprint density at radius 1 is 1.19 bits per heavy atom. The summed E-state index contributed by atoms with van der Waals surface area (Å²) < 4.78 is 38.4. The van der Waals surface area contributed by atoms with E-state index in [0.717, 1.165) is 0 Å². The second-order valence-electron chi connectivity index (χ2n) is 6.16. The summed E-state index contributed by atoms with van der Waals surface area (Å²) in [7, 11) is -3.86. The van der Waals surface area contributed by atoms with Gasteiger partial charge in [-0.05, 0) is 51.8 Å². The Labute approximate surface area is 161 Å². The van der Waals surface area contributed by atoms with Gasteiger partial charge in [0.25, 0.3) is 0 Å². The summed E-state index contributed by atoms with van der Waals surface area (Å²) in [4.78, 5) is 11.1. The van der Waals surface area contributed by atoms with E-state index in [4.69, 9.17) is 14.6 Å². The van der Waals surface area contributed by atoms with E-state index in [2.05, 4.69) is 10.0 Å². The van der Waals surface area contributed by atoms with Gasteiger partial charge in [-0.15, -0.1) is 0 Å². The van der Waals surface area contributed by atoms with E-state index >= 15 is 0 Å². The summed E-state index contributed by atoms with van der Waals surface area (Å²) in [5, 5.41) is 12.2. The SMILES string of the molecule is CCOCCCNc1ccc(C(=O)O)cc1S(=O)(=O)NCCCOC(C)C. The summed E-state index contributed by atoms with van der Waals surface area (Å²) in [5.41, 5.74) is 0.279. The van der Waals surface area contributed by atoms with E-state index in [0.29, 0.717) is 44.9 Å². The van der Waals surface area contributed by atoms with E-state index in [-0.39, 0.29) is 23.1 Å². The van der Waals surface area contributed by atoms with Gasteiger partial charge < -0.3 is 19.9 Å². The number of sulfonamides is 1. The lowest BCUT2D eigenvalue weighted by Crippen LogP contribution is -2.27. The van der Waals surface area contributed by atoms with Crippen molar-refractivity contribution in [1.29, 1.82) is 0 Å². The Kier molecular flexibility index (Phi) is 10.3. The lowest BCUT2D eigenvalue weighted by atomic mass is 10.2. The lowest BCUT2D eigenvalue weighted by molar-refractivity contribution is 0.0696. The maximum absolute atomic E-state index is 12.7. The fourth-order valence-electron chi connectivity index (χ4n) is 2.24. The zero-order valence-electron chi connectivity index (χ0n) is 16.2. The van der Waals surface area contributed by atoms with Gasteiger partial charge in [0, 0.05) is 32.9 Å². The number of benzene rings is 1. The number of ether oxygens (including phenoxy) is 2. The van der Waals surface area contributed by atoms with Crippen molar-refractivity contribution >= 4 is 21.7 Å². The first-order valence-electron chi connectivity index (χ1n) is 9.08. The van der Waals surface area contributed by atoms with Crippen molar-refractivity contribution in [2.24, 2.45) is 0 Å². The molecule has 0 fully saturated rings. The van der Waals surface area contributed by atoms with Crippen LogP contribution in [0.25, 0.3) is 0 Å². The molecule has 0 bridgehead atoms. The largest absolute Gasteiger partial charge is 0.478 e. The molecular weight excluding hydrogens is 372 g/mol. The van der Waals surface area contributed by atoms with Crippen LogP contribution in [0.2, 0.25) is 0 Å². The molecule has 0 radical (unpaired) electrons. The van der Waals surface area contributed by atoms with Crippen LogP contribution < -0.4 is 10.0 Å². The number of carboxylic acid groups (broad SMARTS) is 1. The zero-order valence-corrected chi connectivity index (χ0v) is 17.0. The third-order valence-electron chi connectivity index (χ3n) is 3.57. The highest BCUT2D eigenvalue weighted by Gasteiger charge is 2.20. The summed E-state index contributed by atoms with van der Waals surface area (Å²) in [6.07, 6.45) is 1.31. The van der Waals surface area contributed by atoms with Crippen LogP contribution in [-0.2, 0) is 19.5 Å². The monoisotopic (exact) mass is 402 g/mol. The number of anilines is 1. The van der Waals surface area contributed by atoms with Gasteiger partial charge >= 0.3 is 5.97 Å². The molecule has 0 aromatic heterocycles. The first kappa shape index (κ1) is 23.4. The van der Waals surface area contributed by atoms with E-state index < -0.39 is 16.0 Å². The molecule has 9 heteroatoms. The fourth-order valence-corrected chi connectivity index (χ4v) is 3.52. The molecule has 1 aromatic carbocycles. The van der Waals surface area contributed by atoms with E-state index in [1.54, 1.807) is 0 Å². The maximum atomic E-state index is 12.7. The number of carbonyl (C=O) groups is 1. The summed E-state index contributed by atoms with van der Waals surface area (Å²) in [6.45, 7) is 8.06. The number of rotatable bonds is 14. The van der Waals surface area contributed by atoms with Crippen molar-refractivity contribution in [1.82, 2.24) is 4.72 Å². The van der Waals surface area contributed by atoms with Crippen LogP contribution in [0.3, 0.4) is 0 Å². The van der Waals surface area contributed by atoms with Crippen LogP contribution in [0.4, 0.5) is 5.69 Å². The zero-order chi connectivity index (χ0) is 20.3. The Bertz CT molecular complexity index is 691. The number of hydrogen-bond acceptors (Lipinski definition) is 6. The Hall–Kier alpha value is -1.68. The highest BCUT2D eigenvalue weighted by Crippen LogP contribution is 2.23. The smallest absolute Gasteiger partial charge is 0.335 e. The molecule has 1 aromatic rings. The molecule has 1 rings (SSSR count). The quantitative estimate of drug-likeness (QED) is 0.409. The van der Waals surface area contributed by atoms with Gasteiger partial charge in [-0.25, -0.2) is 17.9 Å². The van der Waals surface area contributed by atoms with Gasteiger partial charge in [0.05, 0.1) is 17.4 Å². The standard InChI is InChI=1S/C18H30N2O6S/c1-4-25-11-5-9-19-16-8-7-15(18(21)22)13-17(16)27(23,24)20-10-6-12-26-14(2)3/h7-8,13-14,19-20H,4-6,9-12H2,1-3H3,(H,21,22).